The van der Waals surface area contributed by atoms with Gasteiger partial charge in [0.15, 0.2) is 5.69 Å². The Morgan fingerprint density at radius 1 is 1.02 bits per heavy atom. The van der Waals surface area contributed by atoms with Gasteiger partial charge in [-0.05, 0) is 81.2 Å². The van der Waals surface area contributed by atoms with Gasteiger partial charge in [0.05, 0.1) is 28.7 Å². The van der Waals surface area contributed by atoms with Crippen LogP contribution in [0.2, 0.25) is 0 Å². The molecule has 0 aliphatic heterocycles. The standard InChI is InChI=1S/C29H28FN7O4S/c1-17-4-9-21(15-24(17)33-20-10-11-23-22(14-20)27(38)32-16-31-23)34-28(39)26-25(18-5-7-19(30)8-6-18)35-29(36-26)42(40,41)13-12-37(2)3/h4-11,14-16,33H,12-13H2,1-3H3,(H,34,39)(H,35,36)(H,31,32,38). The first kappa shape index (κ1) is 28.6. The zero-order valence-electron chi connectivity index (χ0n) is 23.0. The van der Waals surface area contributed by atoms with Crippen molar-refractivity contribution in [2.75, 3.05) is 37.0 Å². The highest BCUT2D eigenvalue weighted by Crippen LogP contribution is 2.28. The van der Waals surface area contributed by atoms with Crippen LogP contribution >= 0.6 is 0 Å². The van der Waals surface area contributed by atoms with E-state index in [1.54, 1.807) is 55.4 Å². The summed E-state index contributed by atoms with van der Waals surface area (Å²) in [5.41, 5.74) is 3.29. The van der Waals surface area contributed by atoms with Gasteiger partial charge in [-0.25, -0.2) is 22.8 Å². The van der Waals surface area contributed by atoms with Gasteiger partial charge in [-0.1, -0.05) is 6.07 Å². The fraction of sp³-hybridized carbons (Fsp3) is 0.172. The quantitative estimate of drug-likeness (QED) is 0.201. The highest BCUT2D eigenvalue weighted by atomic mass is 32.2. The molecule has 216 valence electrons. The maximum absolute atomic E-state index is 13.6. The number of anilines is 3. The van der Waals surface area contributed by atoms with E-state index >= 15 is 0 Å². The smallest absolute Gasteiger partial charge is 0.276 e. The van der Waals surface area contributed by atoms with Crippen LogP contribution in [0.4, 0.5) is 21.5 Å². The average Bonchev–Trinajstić information content (AvgIpc) is 3.42. The molecule has 0 saturated carbocycles. The third-order valence-electron chi connectivity index (χ3n) is 6.55. The minimum atomic E-state index is -3.85. The fourth-order valence-corrected chi connectivity index (χ4v) is 5.50. The van der Waals surface area contributed by atoms with E-state index in [2.05, 4.69) is 30.6 Å². The van der Waals surface area contributed by atoms with Gasteiger partial charge in [0.25, 0.3) is 11.5 Å². The van der Waals surface area contributed by atoms with Crippen LogP contribution in [-0.4, -0.2) is 65.6 Å². The minimum Gasteiger partial charge on any atom is -0.355 e. The van der Waals surface area contributed by atoms with Gasteiger partial charge in [-0.3, -0.25) is 9.59 Å². The van der Waals surface area contributed by atoms with Gasteiger partial charge in [0.2, 0.25) is 15.0 Å². The van der Waals surface area contributed by atoms with E-state index in [0.29, 0.717) is 33.5 Å². The number of carbonyl (C=O) groups is 1. The molecule has 11 nitrogen and oxygen atoms in total. The zero-order valence-corrected chi connectivity index (χ0v) is 23.8. The Kier molecular flexibility index (Phi) is 7.87. The van der Waals surface area contributed by atoms with E-state index in [1.165, 1.54) is 30.6 Å². The summed E-state index contributed by atoms with van der Waals surface area (Å²) in [6, 6.07) is 15.7. The van der Waals surface area contributed by atoms with Crippen molar-refractivity contribution in [2.24, 2.45) is 0 Å². The Morgan fingerprint density at radius 2 is 1.76 bits per heavy atom. The number of H-pyrrole nitrogens is 2. The normalized spacial score (nSPS) is 11.6. The lowest BCUT2D eigenvalue weighted by Crippen LogP contribution is -2.22. The summed E-state index contributed by atoms with van der Waals surface area (Å²) >= 11 is 0. The number of aryl methyl sites for hydroxylation is 1. The maximum atomic E-state index is 13.6. The molecule has 42 heavy (non-hydrogen) atoms. The minimum absolute atomic E-state index is 0.149. The molecule has 5 rings (SSSR count). The molecule has 0 aliphatic rings. The Balaban J connectivity index is 1.45. The number of halogens is 1. The number of nitrogens with zero attached hydrogens (tertiary/aromatic N) is 3. The second-order valence-corrected chi connectivity index (χ2v) is 12.0. The number of fused-ring (bicyclic) bond motifs is 1. The molecule has 5 aromatic rings. The van der Waals surface area contributed by atoms with Crippen LogP contribution in [0.1, 0.15) is 16.1 Å². The van der Waals surface area contributed by atoms with Gasteiger partial charge in [0, 0.05) is 29.2 Å². The third-order valence-corrected chi connectivity index (χ3v) is 8.05. The van der Waals surface area contributed by atoms with Crippen molar-refractivity contribution < 1.29 is 17.6 Å². The summed E-state index contributed by atoms with van der Waals surface area (Å²) in [5.74, 6) is -1.34. The summed E-state index contributed by atoms with van der Waals surface area (Å²) in [5, 5.41) is 6.12. The zero-order chi connectivity index (χ0) is 30.0. The molecule has 2 heterocycles. The second-order valence-electron chi connectivity index (χ2n) is 9.97. The first-order valence-corrected chi connectivity index (χ1v) is 14.6. The van der Waals surface area contributed by atoms with Crippen LogP contribution in [-0.2, 0) is 9.84 Å². The number of aromatic amines is 2. The lowest BCUT2D eigenvalue weighted by atomic mass is 10.1. The van der Waals surface area contributed by atoms with Gasteiger partial charge in [-0.2, -0.15) is 0 Å². The number of carbonyl (C=O) groups excluding carboxylic acids is 1. The summed E-state index contributed by atoms with van der Waals surface area (Å²) in [7, 11) is -0.343. The van der Waals surface area contributed by atoms with Crippen LogP contribution < -0.4 is 16.2 Å². The molecule has 0 fully saturated rings. The van der Waals surface area contributed by atoms with Crippen molar-refractivity contribution in [3.05, 3.63) is 94.4 Å². The van der Waals surface area contributed by atoms with Gasteiger partial charge >= 0.3 is 0 Å². The van der Waals surface area contributed by atoms with Crippen molar-refractivity contribution in [1.29, 1.82) is 0 Å². The topological polar surface area (TPSA) is 153 Å². The summed E-state index contributed by atoms with van der Waals surface area (Å²) < 4.78 is 39.6. The number of rotatable bonds is 9. The SMILES string of the molecule is Cc1ccc(NC(=O)c2nc(S(=O)(=O)CCN(C)C)[nH]c2-c2ccc(F)cc2)cc1Nc1ccc2nc[nH]c(=O)c2c1. The van der Waals surface area contributed by atoms with Crippen molar-refractivity contribution in [2.45, 2.75) is 12.1 Å². The largest absolute Gasteiger partial charge is 0.355 e. The molecule has 0 atom stereocenters. The lowest BCUT2D eigenvalue weighted by molar-refractivity contribution is 0.102. The van der Waals surface area contributed by atoms with Crippen LogP contribution in [0.5, 0.6) is 0 Å². The number of amides is 1. The number of imidazole rings is 1. The lowest BCUT2D eigenvalue weighted by Gasteiger charge is -2.13. The van der Waals surface area contributed by atoms with E-state index in [4.69, 9.17) is 0 Å². The van der Waals surface area contributed by atoms with E-state index in [9.17, 15) is 22.4 Å². The Labute approximate surface area is 240 Å². The van der Waals surface area contributed by atoms with Gasteiger partial charge in [-0.15, -0.1) is 0 Å². The summed E-state index contributed by atoms with van der Waals surface area (Å²) in [6.45, 7) is 2.15. The van der Waals surface area contributed by atoms with Crippen molar-refractivity contribution in [1.82, 2.24) is 24.8 Å². The predicted molar refractivity (Wildman–Crippen MR) is 159 cm³/mol. The first-order chi connectivity index (χ1) is 20.0. The molecule has 0 saturated heterocycles. The molecule has 3 aromatic carbocycles. The Hall–Kier alpha value is -4.88. The van der Waals surface area contributed by atoms with E-state index in [-0.39, 0.29) is 34.4 Å². The average molecular weight is 590 g/mol. The summed E-state index contributed by atoms with van der Waals surface area (Å²) in [4.78, 5) is 41.1. The Bertz CT molecular complexity index is 1950. The molecular weight excluding hydrogens is 561 g/mol. The van der Waals surface area contributed by atoms with Crippen molar-refractivity contribution in [3.63, 3.8) is 0 Å². The molecule has 2 aromatic heterocycles. The number of aromatic nitrogens is 4. The number of hydrogen-bond acceptors (Lipinski definition) is 8. The second kappa shape index (κ2) is 11.5. The van der Waals surface area contributed by atoms with Gasteiger partial charge < -0.3 is 25.5 Å². The molecule has 0 unspecified atom stereocenters. The highest BCUT2D eigenvalue weighted by molar-refractivity contribution is 7.91. The molecular formula is C29H28FN7O4S. The molecule has 0 radical (unpaired) electrons. The number of nitrogens with one attached hydrogen (secondary N) is 4. The van der Waals surface area contributed by atoms with E-state index in [1.807, 2.05) is 6.92 Å². The molecule has 0 aliphatic carbocycles. The maximum Gasteiger partial charge on any atom is 0.276 e. The van der Waals surface area contributed by atoms with Crippen LogP contribution in [0.15, 0.2) is 76.9 Å². The van der Waals surface area contributed by atoms with E-state index < -0.39 is 21.6 Å². The monoisotopic (exact) mass is 589 g/mol. The molecule has 0 spiro atoms. The molecule has 0 bridgehead atoms. The molecule has 4 N–H and O–H groups in total. The summed E-state index contributed by atoms with van der Waals surface area (Å²) in [6.07, 6.45) is 1.34. The first-order valence-electron chi connectivity index (χ1n) is 12.9. The number of benzene rings is 3. The predicted octanol–water partition coefficient (Wildman–Crippen LogP) is 4.09. The van der Waals surface area contributed by atoms with Crippen LogP contribution in [0, 0.1) is 12.7 Å². The van der Waals surface area contributed by atoms with Gasteiger partial charge in [0.1, 0.15) is 5.82 Å². The Morgan fingerprint density at radius 3 is 2.50 bits per heavy atom. The molecule has 1 amide bonds. The van der Waals surface area contributed by atoms with Crippen LogP contribution in [0.25, 0.3) is 22.2 Å². The van der Waals surface area contributed by atoms with E-state index in [0.717, 1.165) is 5.56 Å². The molecule has 13 heteroatoms. The number of sulfone groups is 1. The van der Waals surface area contributed by atoms with Crippen molar-refractivity contribution >= 4 is 43.7 Å². The fourth-order valence-electron chi connectivity index (χ4n) is 4.21. The third kappa shape index (κ3) is 6.21. The van der Waals surface area contributed by atoms with Crippen LogP contribution in [0.3, 0.4) is 0 Å². The number of hydrogen-bond donors (Lipinski definition) is 4. The highest BCUT2D eigenvalue weighted by Gasteiger charge is 2.26. The van der Waals surface area contributed by atoms with Crippen molar-refractivity contribution in [3.8, 4) is 11.3 Å².